The molecule has 0 N–H and O–H groups in total. The Bertz CT molecular complexity index is 776. The zero-order valence-electron chi connectivity index (χ0n) is 20.4. The Morgan fingerprint density at radius 2 is 1.58 bits per heavy atom. The summed E-state index contributed by atoms with van der Waals surface area (Å²) in [5, 5.41) is 0. The van der Waals surface area contributed by atoms with Crippen LogP contribution in [0.25, 0.3) is 0 Å². The number of hydrogen-bond acceptors (Lipinski definition) is 2. The van der Waals surface area contributed by atoms with E-state index in [1.165, 1.54) is 75.5 Å². The van der Waals surface area contributed by atoms with Gasteiger partial charge in [0.1, 0.15) is 6.61 Å². The number of allylic oxidation sites excluding steroid dienone is 1. The third kappa shape index (κ3) is 6.73. The second-order valence-electron chi connectivity index (χ2n) is 10.7. The molecule has 2 saturated carbocycles. The summed E-state index contributed by atoms with van der Waals surface area (Å²) in [6, 6.07) is 3.02. The molecule has 0 bridgehead atoms. The van der Waals surface area contributed by atoms with Crippen molar-refractivity contribution in [2.24, 2.45) is 17.8 Å². The first kappa shape index (κ1) is 24.5. The van der Waals surface area contributed by atoms with Crippen LogP contribution in [-0.2, 0) is 0 Å². The van der Waals surface area contributed by atoms with Gasteiger partial charge in [0.2, 0.25) is 11.6 Å². The molecular formula is C29H42F2O2. The van der Waals surface area contributed by atoms with Gasteiger partial charge in [0.05, 0.1) is 6.10 Å². The first-order chi connectivity index (χ1) is 16.1. The molecule has 2 fully saturated rings. The average Bonchev–Trinajstić information content (AvgIpc) is 3.36. The summed E-state index contributed by atoms with van der Waals surface area (Å²) >= 11 is 0. The van der Waals surface area contributed by atoms with Crippen LogP contribution in [0.1, 0.15) is 103 Å². The van der Waals surface area contributed by atoms with Crippen molar-refractivity contribution in [2.45, 2.75) is 109 Å². The van der Waals surface area contributed by atoms with Crippen molar-refractivity contribution in [2.75, 3.05) is 6.61 Å². The van der Waals surface area contributed by atoms with Gasteiger partial charge in [-0.05, 0) is 93.2 Å². The van der Waals surface area contributed by atoms with Gasteiger partial charge >= 0.3 is 0 Å². The highest BCUT2D eigenvalue weighted by Crippen LogP contribution is 2.41. The van der Waals surface area contributed by atoms with Crippen LogP contribution in [-0.4, -0.2) is 12.7 Å². The first-order valence-corrected chi connectivity index (χ1v) is 13.6. The Morgan fingerprint density at radius 1 is 0.848 bits per heavy atom. The largest absolute Gasteiger partial charge is 0.487 e. The number of hydrogen-bond donors (Lipinski definition) is 0. The second-order valence-corrected chi connectivity index (χ2v) is 10.7. The van der Waals surface area contributed by atoms with Gasteiger partial charge in [-0.1, -0.05) is 51.5 Å². The van der Waals surface area contributed by atoms with Gasteiger partial charge in [0.15, 0.2) is 11.5 Å². The summed E-state index contributed by atoms with van der Waals surface area (Å²) in [5.74, 6) is 0.734. The van der Waals surface area contributed by atoms with Gasteiger partial charge < -0.3 is 9.47 Å². The molecular weight excluding hydrogens is 418 g/mol. The van der Waals surface area contributed by atoms with E-state index < -0.39 is 11.6 Å². The fourth-order valence-electron chi connectivity index (χ4n) is 6.17. The van der Waals surface area contributed by atoms with E-state index >= 15 is 0 Å². The van der Waals surface area contributed by atoms with Crippen LogP contribution in [0.3, 0.4) is 0 Å². The van der Waals surface area contributed by atoms with Gasteiger partial charge in [0, 0.05) is 0 Å². The maximum absolute atomic E-state index is 14.5. The van der Waals surface area contributed by atoms with Crippen molar-refractivity contribution in [3.63, 3.8) is 0 Å². The molecule has 2 nitrogen and oxygen atoms in total. The standard InChI is InChI=1S/C29H42F2O2/c1-2-3-4-7-21-10-14-23(15-11-21)24-16-12-22(13-17-24)20-32-26-18-19-27(29(31)28(26)30)33-25-8-5-6-9-25/h12,18-19,21,23-25H,2-11,13-17,20H2,1H3. The maximum Gasteiger partial charge on any atom is 0.204 e. The fourth-order valence-corrected chi connectivity index (χ4v) is 6.17. The molecule has 0 saturated heterocycles. The molecule has 1 unspecified atom stereocenters. The van der Waals surface area contributed by atoms with Crippen LogP contribution in [0.2, 0.25) is 0 Å². The van der Waals surface area contributed by atoms with Crippen LogP contribution in [0, 0.1) is 29.4 Å². The van der Waals surface area contributed by atoms with E-state index in [9.17, 15) is 8.78 Å². The first-order valence-electron chi connectivity index (χ1n) is 13.6. The average molecular weight is 461 g/mol. The molecule has 184 valence electrons. The summed E-state index contributed by atoms with van der Waals surface area (Å²) in [7, 11) is 0. The summed E-state index contributed by atoms with van der Waals surface area (Å²) in [5.41, 5.74) is 1.21. The minimum absolute atomic E-state index is 0.00196. The highest BCUT2D eigenvalue weighted by molar-refractivity contribution is 5.35. The topological polar surface area (TPSA) is 18.5 Å². The lowest BCUT2D eigenvalue weighted by atomic mass is 9.70. The van der Waals surface area contributed by atoms with Crippen LogP contribution in [0.5, 0.6) is 11.5 Å². The molecule has 1 aromatic rings. The van der Waals surface area contributed by atoms with Gasteiger partial charge in [0.25, 0.3) is 0 Å². The van der Waals surface area contributed by atoms with E-state index in [2.05, 4.69) is 13.0 Å². The molecule has 0 aliphatic heterocycles. The lowest BCUT2D eigenvalue weighted by Gasteiger charge is -2.35. The van der Waals surface area contributed by atoms with Crippen molar-refractivity contribution in [1.82, 2.24) is 0 Å². The smallest absolute Gasteiger partial charge is 0.204 e. The van der Waals surface area contributed by atoms with Crippen molar-refractivity contribution in [3.05, 3.63) is 35.4 Å². The Kier molecular flexibility index (Phi) is 9.09. The van der Waals surface area contributed by atoms with E-state index in [1.54, 1.807) is 0 Å². The highest BCUT2D eigenvalue weighted by atomic mass is 19.2. The van der Waals surface area contributed by atoms with Crippen LogP contribution < -0.4 is 9.47 Å². The van der Waals surface area contributed by atoms with E-state index in [-0.39, 0.29) is 17.6 Å². The summed E-state index contributed by atoms with van der Waals surface area (Å²) < 4.78 is 40.3. The molecule has 0 heterocycles. The second kappa shape index (κ2) is 12.2. The summed E-state index contributed by atoms with van der Waals surface area (Å²) in [4.78, 5) is 0. The molecule has 0 spiro atoms. The molecule has 1 aromatic carbocycles. The van der Waals surface area contributed by atoms with E-state index in [0.717, 1.165) is 56.3 Å². The molecule has 3 aliphatic rings. The van der Waals surface area contributed by atoms with Gasteiger partial charge in [-0.2, -0.15) is 8.78 Å². The molecule has 33 heavy (non-hydrogen) atoms. The summed E-state index contributed by atoms with van der Waals surface area (Å²) in [6.07, 6.45) is 20.8. The molecule has 4 heteroatoms. The number of unbranched alkanes of at least 4 members (excludes halogenated alkanes) is 2. The molecule has 1 atom stereocenters. The van der Waals surface area contributed by atoms with Crippen molar-refractivity contribution in [3.8, 4) is 11.5 Å². The normalized spacial score (nSPS) is 26.3. The lowest BCUT2D eigenvalue weighted by molar-refractivity contribution is 0.183. The Labute approximate surface area is 199 Å². The van der Waals surface area contributed by atoms with E-state index in [4.69, 9.17) is 9.47 Å². The summed E-state index contributed by atoms with van der Waals surface area (Å²) in [6.45, 7) is 2.63. The fraction of sp³-hybridized carbons (Fsp3) is 0.724. The van der Waals surface area contributed by atoms with Gasteiger partial charge in [-0.25, -0.2) is 0 Å². The minimum atomic E-state index is -0.935. The molecule has 0 aromatic heterocycles. The number of halogens is 2. The van der Waals surface area contributed by atoms with Crippen molar-refractivity contribution in [1.29, 1.82) is 0 Å². The van der Waals surface area contributed by atoms with Crippen molar-refractivity contribution < 1.29 is 18.3 Å². The number of benzene rings is 1. The number of rotatable bonds is 10. The van der Waals surface area contributed by atoms with Crippen LogP contribution in [0.4, 0.5) is 8.78 Å². The molecule has 3 aliphatic carbocycles. The number of ether oxygens (including phenoxy) is 2. The quantitative estimate of drug-likeness (QED) is 0.257. The Balaban J connectivity index is 1.21. The molecule has 0 amide bonds. The molecule has 4 rings (SSSR count). The molecule has 0 radical (unpaired) electrons. The van der Waals surface area contributed by atoms with Gasteiger partial charge in [-0.15, -0.1) is 0 Å². The predicted molar refractivity (Wildman–Crippen MR) is 130 cm³/mol. The third-order valence-corrected chi connectivity index (χ3v) is 8.34. The van der Waals surface area contributed by atoms with Gasteiger partial charge in [-0.3, -0.25) is 0 Å². The maximum atomic E-state index is 14.5. The Morgan fingerprint density at radius 3 is 2.27 bits per heavy atom. The lowest BCUT2D eigenvalue weighted by Crippen LogP contribution is -2.24. The van der Waals surface area contributed by atoms with Crippen LogP contribution in [0.15, 0.2) is 23.8 Å². The van der Waals surface area contributed by atoms with Crippen LogP contribution >= 0.6 is 0 Å². The minimum Gasteiger partial charge on any atom is -0.487 e. The predicted octanol–water partition coefficient (Wildman–Crippen LogP) is 8.78. The zero-order chi connectivity index (χ0) is 23.0. The Hall–Kier alpha value is -1.58. The monoisotopic (exact) mass is 460 g/mol. The SMILES string of the molecule is CCCCCC1CCC(C2CC=C(COc3ccc(OC4CCCC4)c(F)c3F)CC2)CC1. The third-order valence-electron chi connectivity index (χ3n) is 8.34. The zero-order valence-corrected chi connectivity index (χ0v) is 20.4. The van der Waals surface area contributed by atoms with E-state index in [0.29, 0.717) is 6.61 Å². The van der Waals surface area contributed by atoms with Crippen molar-refractivity contribution >= 4 is 0 Å². The van der Waals surface area contributed by atoms with E-state index in [1.807, 2.05) is 0 Å². The highest BCUT2D eigenvalue weighted by Gasteiger charge is 2.28.